The predicted molar refractivity (Wildman–Crippen MR) is 126 cm³/mol. The number of methoxy groups -OCH3 is 1. The highest BCUT2D eigenvalue weighted by Gasteiger charge is 2.14. The van der Waals surface area contributed by atoms with Gasteiger partial charge in [0.15, 0.2) is 5.16 Å². The molecule has 7 heteroatoms. The van der Waals surface area contributed by atoms with Gasteiger partial charge < -0.3 is 14.6 Å². The number of nitrogens with one attached hydrogen (secondary N) is 1. The number of hydrogen-bond donors (Lipinski definition) is 1. The number of aryl methyl sites for hydroxylation is 4. The number of para-hydroxylation sites is 1. The van der Waals surface area contributed by atoms with Crippen molar-refractivity contribution < 1.29 is 9.53 Å². The molecule has 0 fully saturated rings. The Morgan fingerprint density at radius 1 is 1.06 bits per heavy atom. The molecule has 3 rings (SSSR count). The third kappa shape index (κ3) is 6.10. The van der Waals surface area contributed by atoms with Gasteiger partial charge in [-0.3, -0.25) is 4.79 Å². The zero-order chi connectivity index (χ0) is 22.2. The molecule has 0 aliphatic rings. The van der Waals surface area contributed by atoms with Crippen molar-refractivity contribution in [2.24, 2.45) is 0 Å². The lowest BCUT2D eigenvalue weighted by Gasteiger charge is -2.11. The number of aromatic nitrogens is 3. The van der Waals surface area contributed by atoms with Crippen LogP contribution in [0.3, 0.4) is 0 Å². The highest BCUT2D eigenvalue weighted by molar-refractivity contribution is 7.99. The topological polar surface area (TPSA) is 69.0 Å². The molecule has 2 aromatic carbocycles. The second-order valence-electron chi connectivity index (χ2n) is 7.45. The number of rotatable bonds is 10. The SMILES string of the molecule is CCn1c(CCCc2ccc(OC)cc2)nnc1SCC(=O)Nc1c(C)cccc1C. The smallest absolute Gasteiger partial charge is 0.234 e. The molecule has 164 valence electrons. The van der Waals surface area contributed by atoms with Crippen molar-refractivity contribution in [2.45, 2.75) is 51.7 Å². The van der Waals surface area contributed by atoms with Crippen LogP contribution in [0, 0.1) is 13.8 Å². The average molecular weight is 439 g/mol. The van der Waals surface area contributed by atoms with Crippen molar-refractivity contribution in [1.82, 2.24) is 14.8 Å². The molecule has 0 unspecified atom stereocenters. The molecule has 6 nitrogen and oxygen atoms in total. The first-order valence-corrected chi connectivity index (χ1v) is 11.5. The zero-order valence-electron chi connectivity index (χ0n) is 18.6. The average Bonchev–Trinajstić information content (AvgIpc) is 3.17. The van der Waals surface area contributed by atoms with E-state index in [-0.39, 0.29) is 5.91 Å². The molecule has 1 heterocycles. The number of ether oxygens (including phenoxy) is 1. The van der Waals surface area contributed by atoms with Gasteiger partial charge in [-0.15, -0.1) is 10.2 Å². The Labute approximate surface area is 188 Å². The normalized spacial score (nSPS) is 10.8. The minimum Gasteiger partial charge on any atom is -0.497 e. The Bertz CT molecular complexity index is 995. The Kier molecular flexibility index (Phi) is 8.12. The number of carbonyl (C=O) groups is 1. The molecule has 1 N–H and O–H groups in total. The summed E-state index contributed by atoms with van der Waals surface area (Å²) in [5.74, 6) is 2.11. The van der Waals surface area contributed by atoms with Crippen molar-refractivity contribution in [2.75, 3.05) is 18.2 Å². The second-order valence-corrected chi connectivity index (χ2v) is 8.39. The standard InChI is InChI=1S/C24H30N4O2S/c1-5-28-21(11-7-10-19-12-14-20(30-4)15-13-19)26-27-24(28)31-16-22(29)25-23-17(2)8-6-9-18(23)3/h6,8-9,12-15H,5,7,10-11,16H2,1-4H3,(H,25,29). The van der Waals surface area contributed by atoms with E-state index in [1.807, 2.05) is 44.2 Å². The Morgan fingerprint density at radius 3 is 2.42 bits per heavy atom. The van der Waals surface area contributed by atoms with Crippen LogP contribution >= 0.6 is 11.8 Å². The van der Waals surface area contributed by atoms with E-state index in [1.165, 1.54) is 17.3 Å². The molecule has 0 spiro atoms. The molecule has 3 aromatic rings. The first-order valence-electron chi connectivity index (χ1n) is 10.6. The summed E-state index contributed by atoms with van der Waals surface area (Å²) in [6.45, 7) is 6.87. The highest BCUT2D eigenvalue weighted by atomic mass is 32.2. The third-order valence-corrected chi connectivity index (χ3v) is 6.18. The van der Waals surface area contributed by atoms with Crippen molar-refractivity contribution in [3.05, 3.63) is 65.0 Å². The molecule has 1 amide bonds. The summed E-state index contributed by atoms with van der Waals surface area (Å²) in [4.78, 5) is 12.5. The zero-order valence-corrected chi connectivity index (χ0v) is 19.5. The second kappa shape index (κ2) is 11.0. The molecule has 0 saturated carbocycles. The number of nitrogens with zero attached hydrogens (tertiary/aromatic N) is 3. The maximum Gasteiger partial charge on any atom is 0.234 e. The maximum absolute atomic E-state index is 12.5. The first kappa shape index (κ1) is 22.9. The van der Waals surface area contributed by atoms with Crippen molar-refractivity contribution >= 4 is 23.4 Å². The Balaban J connectivity index is 1.53. The van der Waals surface area contributed by atoms with E-state index in [2.05, 4.69) is 39.1 Å². The van der Waals surface area contributed by atoms with E-state index in [0.29, 0.717) is 5.75 Å². The summed E-state index contributed by atoms with van der Waals surface area (Å²) in [5, 5.41) is 12.5. The largest absolute Gasteiger partial charge is 0.497 e. The quantitative estimate of drug-likeness (QED) is 0.459. The minimum atomic E-state index is -0.0332. The van der Waals surface area contributed by atoms with E-state index in [0.717, 1.165) is 59.4 Å². The molecule has 31 heavy (non-hydrogen) atoms. The van der Waals surface area contributed by atoms with Crippen LogP contribution < -0.4 is 10.1 Å². The summed E-state index contributed by atoms with van der Waals surface area (Å²) in [7, 11) is 1.68. The van der Waals surface area contributed by atoms with Gasteiger partial charge in [0.25, 0.3) is 0 Å². The first-order chi connectivity index (χ1) is 15.0. The van der Waals surface area contributed by atoms with Gasteiger partial charge in [0, 0.05) is 18.7 Å². The molecule has 1 aromatic heterocycles. The third-order valence-electron chi connectivity index (χ3n) is 5.21. The van der Waals surface area contributed by atoms with Crippen LogP contribution in [-0.4, -0.2) is 33.5 Å². The molecular weight excluding hydrogens is 408 g/mol. The van der Waals surface area contributed by atoms with Gasteiger partial charge in [-0.05, 0) is 62.4 Å². The lowest BCUT2D eigenvalue weighted by Crippen LogP contribution is -2.16. The van der Waals surface area contributed by atoms with Gasteiger partial charge in [-0.25, -0.2) is 0 Å². The summed E-state index contributed by atoms with van der Waals surface area (Å²) in [6.07, 6.45) is 2.81. The highest BCUT2D eigenvalue weighted by Crippen LogP contribution is 2.22. The van der Waals surface area contributed by atoms with Gasteiger partial charge in [0.1, 0.15) is 11.6 Å². The molecule has 0 bridgehead atoms. The molecular formula is C24H30N4O2S. The number of anilines is 1. The van der Waals surface area contributed by atoms with Crippen LogP contribution in [0.5, 0.6) is 5.75 Å². The van der Waals surface area contributed by atoms with Crippen molar-refractivity contribution in [3.63, 3.8) is 0 Å². The minimum absolute atomic E-state index is 0.0332. The predicted octanol–water partition coefficient (Wildman–Crippen LogP) is 4.83. The number of benzene rings is 2. The monoisotopic (exact) mass is 438 g/mol. The van der Waals surface area contributed by atoms with Gasteiger partial charge in [0.05, 0.1) is 12.9 Å². The van der Waals surface area contributed by atoms with Crippen LogP contribution in [0.4, 0.5) is 5.69 Å². The van der Waals surface area contributed by atoms with Crippen LogP contribution in [0.25, 0.3) is 0 Å². The number of carbonyl (C=O) groups excluding carboxylic acids is 1. The van der Waals surface area contributed by atoms with Crippen molar-refractivity contribution in [3.8, 4) is 5.75 Å². The molecule has 0 aliphatic heterocycles. The maximum atomic E-state index is 12.5. The summed E-state index contributed by atoms with van der Waals surface area (Å²) in [6, 6.07) is 14.2. The summed E-state index contributed by atoms with van der Waals surface area (Å²) in [5.41, 5.74) is 4.30. The number of hydrogen-bond acceptors (Lipinski definition) is 5. The molecule has 0 saturated heterocycles. The van der Waals surface area contributed by atoms with Gasteiger partial charge in [0.2, 0.25) is 5.91 Å². The molecule has 0 aliphatic carbocycles. The van der Waals surface area contributed by atoms with Crippen LogP contribution in [0.15, 0.2) is 47.6 Å². The van der Waals surface area contributed by atoms with Gasteiger partial charge in [-0.1, -0.05) is 42.1 Å². The number of thioether (sulfide) groups is 1. The lowest BCUT2D eigenvalue weighted by atomic mass is 10.1. The summed E-state index contributed by atoms with van der Waals surface area (Å²) >= 11 is 1.43. The fourth-order valence-corrected chi connectivity index (χ4v) is 4.31. The fourth-order valence-electron chi connectivity index (χ4n) is 3.49. The lowest BCUT2D eigenvalue weighted by molar-refractivity contribution is -0.113. The van der Waals surface area contributed by atoms with Crippen LogP contribution in [0.2, 0.25) is 0 Å². The van der Waals surface area contributed by atoms with Crippen molar-refractivity contribution in [1.29, 1.82) is 0 Å². The molecule has 0 radical (unpaired) electrons. The van der Waals surface area contributed by atoms with E-state index in [4.69, 9.17) is 4.74 Å². The summed E-state index contributed by atoms with van der Waals surface area (Å²) < 4.78 is 7.31. The van der Waals surface area contributed by atoms with Gasteiger partial charge >= 0.3 is 0 Å². The molecule has 0 atom stereocenters. The Hall–Kier alpha value is -2.80. The van der Waals surface area contributed by atoms with Crippen LogP contribution in [-0.2, 0) is 24.2 Å². The number of amides is 1. The Morgan fingerprint density at radius 2 is 1.77 bits per heavy atom. The van der Waals surface area contributed by atoms with Crippen LogP contribution in [0.1, 0.15) is 35.9 Å². The van der Waals surface area contributed by atoms with Gasteiger partial charge in [-0.2, -0.15) is 0 Å². The van der Waals surface area contributed by atoms with E-state index >= 15 is 0 Å². The van der Waals surface area contributed by atoms with E-state index in [9.17, 15) is 4.79 Å². The van der Waals surface area contributed by atoms with E-state index in [1.54, 1.807) is 7.11 Å². The van der Waals surface area contributed by atoms with E-state index < -0.39 is 0 Å². The fraction of sp³-hybridized carbons (Fsp3) is 0.375.